The van der Waals surface area contributed by atoms with E-state index in [-0.39, 0.29) is 43.1 Å². The SMILES string of the molecule is CN1CCN(C(=O)C[C@@H]2C[C@@H]3c4cc(NC(=O)Nc5ccccc5)ccc4O[C@@H]3[C@H](CO)O2)CC1. The Morgan fingerprint density at radius 2 is 1.77 bits per heavy atom. The zero-order valence-electron chi connectivity index (χ0n) is 19.9. The molecule has 3 aliphatic rings. The first-order valence-corrected chi connectivity index (χ1v) is 12.2. The highest BCUT2D eigenvalue weighted by atomic mass is 16.6. The van der Waals surface area contributed by atoms with Crippen molar-refractivity contribution >= 4 is 23.3 Å². The second kappa shape index (κ2) is 10.2. The number of urea groups is 1. The smallest absolute Gasteiger partial charge is 0.323 e. The molecule has 186 valence electrons. The number of anilines is 2. The monoisotopic (exact) mass is 480 g/mol. The van der Waals surface area contributed by atoms with Crippen LogP contribution >= 0.6 is 0 Å². The van der Waals surface area contributed by atoms with E-state index in [1.807, 2.05) is 47.4 Å². The summed E-state index contributed by atoms with van der Waals surface area (Å²) >= 11 is 0. The number of carbonyl (C=O) groups is 2. The molecule has 0 radical (unpaired) electrons. The van der Waals surface area contributed by atoms with Crippen molar-refractivity contribution in [3.8, 4) is 5.75 Å². The molecule has 2 fully saturated rings. The number of rotatable bonds is 5. The molecular formula is C26H32N4O5. The summed E-state index contributed by atoms with van der Waals surface area (Å²) in [7, 11) is 2.06. The molecule has 2 aromatic carbocycles. The molecule has 5 rings (SSSR count). The lowest BCUT2D eigenvalue weighted by molar-refractivity contribution is -0.150. The van der Waals surface area contributed by atoms with Gasteiger partial charge in [0.05, 0.1) is 19.1 Å². The Bertz CT molecular complexity index is 1060. The fraction of sp³-hybridized carbons (Fsp3) is 0.462. The zero-order valence-corrected chi connectivity index (χ0v) is 19.9. The Hall–Kier alpha value is -3.14. The van der Waals surface area contributed by atoms with Gasteiger partial charge < -0.3 is 35.0 Å². The summed E-state index contributed by atoms with van der Waals surface area (Å²) in [5, 5.41) is 15.7. The number of carbonyl (C=O) groups excluding carboxylic acids is 2. The van der Waals surface area contributed by atoms with E-state index in [0.29, 0.717) is 17.8 Å². The molecule has 0 saturated carbocycles. The molecule has 0 aliphatic carbocycles. The molecule has 9 heteroatoms. The highest BCUT2D eigenvalue weighted by molar-refractivity contribution is 5.99. The number of aliphatic hydroxyl groups is 1. The maximum atomic E-state index is 12.9. The van der Waals surface area contributed by atoms with Crippen LogP contribution < -0.4 is 15.4 Å². The highest BCUT2D eigenvalue weighted by Gasteiger charge is 2.46. The third kappa shape index (κ3) is 5.27. The number of fused-ring (bicyclic) bond motifs is 3. The van der Waals surface area contributed by atoms with Crippen molar-refractivity contribution in [2.75, 3.05) is 50.5 Å². The van der Waals surface area contributed by atoms with Crippen molar-refractivity contribution in [3.05, 3.63) is 54.1 Å². The lowest BCUT2D eigenvalue weighted by Crippen LogP contribution is -2.50. The van der Waals surface area contributed by atoms with Gasteiger partial charge in [-0.05, 0) is 43.8 Å². The van der Waals surface area contributed by atoms with Crippen molar-refractivity contribution in [1.82, 2.24) is 9.80 Å². The number of benzene rings is 2. The van der Waals surface area contributed by atoms with Crippen molar-refractivity contribution in [3.63, 3.8) is 0 Å². The molecule has 35 heavy (non-hydrogen) atoms. The lowest BCUT2D eigenvalue weighted by atomic mass is 9.84. The average molecular weight is 481 g/mol. The summed E-state index contributed by atoms with van der Waals surface area (Å²) in [4.78, 5) is 29.5. The van der Waals surface area contributed by atoms with Gasteiger partial charge in [0.1, 0.15) is 18.0 Å². The number of nitrogens with one attached hydrogen (secondary N) is 2. The summed E-state index contributed by atoms with van der Waals surface area (Å²) in [6, 6.07) is 14.5. The van der Waals surface area contributed by atoms with Gasteiger partial charge in [0, 0.05) is 49.0 Å². The van der Waals surface area contributed by atoms with E-state index in [2.05, 4.69) is 22.6 Å². The predicted molar refractivity (Wildman–Crippen MR) is 132 cm³/mol. The zero-order chi connectivity index (χ0) is 24.4. The van der Waals surface area contributed by atoms with Gasteiger partial charge in [-0.1, -0.05) is 18.2 Å². The number of likely N-dealkylation sites (N-methyl/N-ethyl adjacent to an activating group) is 1. The largest absolute Gasteiger partial charge is 0.487 e. The minimum absolute atomic E-state index is 0.0277. The standard InChI is InChI=1S/C26H32N4O5/c1-29-9-11-30(12-10-29)24(32)15-19-14-21-20-13-18(28-26(33)27-17-5-3-2-4-6-17)7-8-22(20)35-25(21)23(16-31)34-19/h2-8,13,19,21,23,25,31H,9-12,14-16H2,1H3,(H2,27,28,33)/t19-,21+,23-,25-/m0/s1. The maximum Gasteiger partial charge on any atom is 0.323 e. The molecule has 0 unspecified atom stereocenters. The van der Waals surface area contributed by atoms with Gasteiger partial charge in [0.2, 0.25) is 5.91 Å². The minimum Gasteiger partial charge on any atom is -0.487 e. The van der Waals surface area contributed by atoms with Gasteiger partial charge in [-0.25, -0.2) is 4.79 Å². The van der Waals surface area contributed by atoms with E-state index >= 15 is 0 Å². The molecule has 3 heterocycles. The van der Waals surface area contributed by atoms with E-state index in [9.17, 15) is 14.7 Å². The van der Waals surface area contributed by atoms with Crippen molar-refractivity contribution in [1.29, 1.82) is 0 Å². The normalized spacial score (nSPS) is 25.8. The van der Waals surface area contributed by atoms with Gasteiger partial charge in [-0.15, -0.1) is 0 Å². The van der Waals surface area contributed by atoms with Crippen LogP contribution in [0.15, 0.2) is 48.5 Å². The minimum atomic E-state index is -0.510. The number of hydrogen-bond donors (Lipinski definition) is 3. The third-order valence-electron chi connectivity index (χ3n) is 7.05. The topological polar surface area (TPSA) is 103 Å². The van der Waals surface area contributed by atoms with Gasteiger partial charge in [0.15, 0.2) is 0 Å². The van der Waals surface area contributed by atoms with E-state index in [1.165, 1.54) is 0 Å². The number of amides is 3. The Morgan fingerprint density at radius 3 is 2.51 bits per heavy atom. The number of aliphatic hydroxyl groups excluding tert-OH is 1. The number of ether oxygens (including phenoxy) is 2. The van der Waals surface area contributed by atoms with E-state index in [1.54, 1.807) is 6.07 Å². The molecular weight excluding hydrogens is 448 g/mol. The summed E-state index contributed by atoms with van der Waals surface area (Å²) in [6.07, 6.45) is -0.223. The van der Waals surface area contributed by atoms with Crippen LogP contribution in [0.4, 0.5) is 16.2 Å². The van der Waals surface area contributed by atoms with Crippen LogP contribution in [0.1, 0.15) is 24.3 Å². The maximum absolute atomic E-state index is 12.9. The highest BCUT2D eigenvalue weighted by Crippen LogP contribution is 2.47. The quantitative estimate of drug-likeness (QED) is 0.608. The van der Waals surface area contributed by atoms with E-state index in [4.69, 9.17) is 9.47 Å². The van der Waals surface area contributed by atoms with Crippen molar-refractivity contribution in [2.45, 2.75) is 37.1 Å². The molecule has 0 spiro atoms. The van der Waals surface area contributed by atoms with Gasteiger partial charge >= 0.3 is 6.03 Å². The molecule has 9 nitrogen and oxygen atoms in total. The van der Waals surface area contributed by atoms with Crippen LogP contribution in [-0.4, -0.2) is 85.0 Å². The van der Waals surface area contributed by atoms with Crippen LogP contribution in [0.3, 0.4) is 0 Å². The molecule has 3 aliphatic heterocycles. The van der Waals surface area contributed by atoms with Crippen LogP contribution in [0.5, 0.6) is 5.75 Å². The Balaban J connectivity index is 1.26. The molecule has 0 aromatic heterocycles. The first-order chi connectivity index (χ1) is 17.0. The first kappa shape index (κ1) is 23.6. The second-order valence-corrected chi connectivity index (χ2v) is 9.49. The van der Waals surface area contributed by atoms with Gasteiger partial charge in [-0.3, -0.25) is 4.79 Å². The van der Waals surface area contributed by atoms with Crippen molar-refractivity contribution < 1.29 is 24.2 Å². The molecule has 2 saturated heterocycles. The summed E-state index contributed by atoms with van der Waals surface area (Å²) < 4.78 is 12.2. The van der Waals surface area contributed by atoms with Crippen LogP contribution in [-0.2, 0) is 9.53 Å². The first-order valence-electron chi connectivity index (χ1n) is 12.2. The fourth-order valence-electron chi connectivity index (χ4n) is 5.16. The summed E-state index contributed by atoms with van der Waals surface area (Å²) in [5.74, 6) is 0.785. The number of piperazine rings is 1. The average Bonchev–Trinajstić information content (AvgIpc) is 3.22. The van der Waals surface area contributed by atoms with E-state index in [0.717, 1.165) is 37.5 Å². The number of para-hydroxylation sites is 1. The summed E-state index contributed by atoms with van der Waals surface area (Å²) in [6.45, 7) is 3.01. The molecule has 0 bridgehead atoms. The molecule has 3 N–H and O–H groups in total. The van der Waals surface area contributed by atoms with Crippen molar-refractivity contribution in [2.24, 2.45) is 0 Å². The second-order valence-electron chi connectivity index (χ2n) is 9.49. The van der Waals surface area contributed by atoms with Crippen LogP contribution in [0.2, 0.25) is 0 Å². The number of nitrogens with zero attached hydrogens (tertiary/aromatic N) is 2. The fourth-order valence-corrected chi connectivity index (χ4v) is 5.16. The van der Waals surface area contributed by atoms with Gasteiger partial charge in [-0.2, -0.15) is 0 Å². The van der Waals surface area contributed by atoms with Crippen LogP contribution in [0, 0.1) is 0 Å². The Kier molecular flexibility index (Phi) is 6.90. The molecule has 2 aromatic rings. The third-order valence-corrected chi connectivity index (χ3v) is 7.05. The van der Waals surface area contributed by atoms with Gasteiger partial charge in [0.25, 0.3) is 0 Å². The van der Waals surface area contributed by atoms with E-state index < -0.39 is 6.10 Å². The Morgan fingerprint density at radius 1 is 1.03 bits per heavy atom. The number of hydrogen-bond acceptors (Lipinski definition) is 6. The Labute approximate surface area is 205 Å². The lowest BCUT2D eigenvalue weighted by Gasteiger charge is -2.38. The summed E-state index contributed by atoms with van der Waals surface area (Å²) in [5.41, 5.74) is 2.32. The van der Waals surface area contributed by atoms with Crippen LogP contribution in [0.25, 0.3) is 0 Å². The predicted octanol–water partition coefficient (Wildman–Crippen LogP) is 2.49. The molecule has 4 atom stereocenters. The molecule has 3 amide bonds.